The van der Waals surface area contributed by atoms with E-state index >= 15 is 0 Å². The standard InChI is InChI=1S/C8H10FN3O/c1-4(10)7-5(9)2-3-6(12-7)8(11)13/h2-4H,10H2,1H3,(H2,11,13). The number of hydrogen-bond donors (Lipinski definition) is 2. The highest BCUT2D eigenvalue weighted by atomic mass is 19.1. The number of primary amides is 1. The van der Waals surface area contributed by atoms with Gasteiger partial charge in [0, 0.05) is 6.04 Å². The maximum atomic E-state index is 13.0. The summed E-state index contributed by atoms with van der Waals surface area (Å²) in [6.07, 6.45) is 0. The van der Waals surface area contributed by atoms with Gasteiger partial charge in [0.2, 0.25) is 0 Å². The molecule has 0 aliphatic carbocycles. The van der Waals surface area contributed by atoms with Crippen molar-refractivity contribution in [2.24, 2.45) is 11.5 Å². The van der Waals surface area contributed by atoms with E-state index in [-0.39, 0.29) is 11.4 Å². The molecule has 0 spiro atoms. The van der Waals surface area contributed by atoms with Gasteiger partial charge in [0.25, 0.3) is 5.91 Å². The maximum Gasteiger partial charge on any atom is 0.267 e. The van der Waals surface area contributed by atoms with Gasteiger partial charge in [0.05, 0.1) is 5.69 Å². The summed E-state index contributed by atoms with van der Waals surface area (Å²) in [5, 5.41) is 0. The molecule has 1 unspecified atom stereocenters. The molecule has 1 aromatic heterocycles. The lowest BCUT2D eigenvalue weighted by Crippen LogP contribution is -2.17. The van der Waals surface area contributed by atoms with Crippen molar-refractivity contribution in [3.8, 4) is 0 Å². The number of pyridine rings is 1. The maximum absolute atomic E-state index is 13.0. The van der Waals surface area contributed by atoms with E-state index < -0.39 is 17.8 Å². The molecule has 0 saturated heterocycles. The van der Waals surface area contributed by atoms with Crippen LogP contribution in [0.5, 0.6) is 0 Å². The first kappa shape index (κ1) is 9.60. The molecule has 1 aromatic rings. The quantitative estimate of drug-likeness (QED) is 0.693. The molecule has 70 valence electrons. The molecule has 1 heterocycles. The van der Waals surface area contributed by atoms with Crippen molar-refractivity contribution in [2.75, 3.05) is 0 Å². The molecule has 1 atom stereocenters. The lowest BCUT2D eigenvalue weighted by molar-refractivity contribution is 0.0995. The predicted octanol–water partition coefficient (Wildman–Crippen LogP) is 0.339. The number of nitrogens with zero attached hydrogens (tertiary/aromatic N) is 1. The zero-order valence-corrected chi connectivity index (χ0v) is 7.12. The van der Waals surface area contributed by atoms with Gasteiger partial charge < -0.3 is 11.5 Å². The molecule has 5 heteroatoms. The van der Waals surface area contributed by atoms with Crippen LogP contribution in [0.3, 0.4) is 0 Å². The van der Waals surface area contributed by atoms with Crippen molar-refractivity contribution >= 4 is 5.91 Å². The molecule has 0 fully saturated rings. The van der Waals surface area contributed by atoms with Gasteiger partial charge in [-0.2, -0.15) is 0 Å². The summed E-state index contributed by atoms with van der Waals surface area (Å²) in [6.45, 7) is 1.58. The zero-order valence-electron chi connectivity index (χ0n) is 7.12. The summed E-state index contributed by atoms with van der Waals surface area (Å²) in [6, 6.07) is 1.80. The largest absolute Gasteiger partial charge is 0.364 e. The van der Waals surface area contributed by atoms with Crippen LogP contribution < -0.4 is 11.5 Å². The van der Waals surface area contributed by atoms with Crippen LogP contribution in [0.1, 0.15) is 29.1 Å². The molecule has 0 radical (unpaired) electrons. The Kier molecular flexibility index (Phi) is 2.57. The van der Waals surface area contributed by atoms with Gasteiger partial charge in [-0.15, -0.1) is 0 Å². The Morgan fingerprint density at radius 2 is 2.23 bits per heavy atom. The van der Waals surface area contributed by atoms with Crippen molar-refractivity contribution in [1.29, 1.82) is 0 Å². The Hall–Kier alpha value is -1.49. The first-order chi connectivity index (χ1) is 6.02. The topological polar surface area (TPSA) is 82.0 Å². The predicted molar refractivity (Wildman–Crippen MR) is 45.3 cm³/mol. The third kappa shape index (κ3) is 2.00. The summed E-state index contributed by atoms with van der Waals surface area (Å²) < 4.78 is 13.0. The third-order valence-electron chi connectivity index (χ3n) is 1.56. The number of rotatable bonds is 2. The first-order valence-corrected chi connectivity index (χ1v) is 3.74. The summed E-state index contributed by atoms with van der Waals surface area (Å²) in [5.41, 5.74) is 10.5. The van der Waals surface area contributed by atoms with Crippen LogP contribution in [-0.2, 0) is 0 Å². The van der Waals surface area contributed by atoms with Gasteiger partial charge in [-0.05, 0) is 19.1 Å². The highest BCUT2D eigenvalue weighted by Gasteiger charge is 2.11. The number of halogens is 1. The van der Waals surface area contributed by atoms with Crippen molar-refractivity contribution in [2.45, 2.75) is 13.0 Å². The molecule has 4 N–H and O–H groups in total. The SMILES string of the molecule is CC(N)c1nc(C(N)=O)ccc1F. The van der Waals surface area contributed by atoms with E-state index in [2.05, 4.69) is 4.98 Å². The van der Waals surface area contributed by atoms with Gasteiger partial charge >= 0.3 is 0 Å². The minimum Gasteiger partial charge on any atom is -0.364 e. The normalized spacial score (nSPS) is 12.5. The van der Waals surface area contributed by atoms with Crippen molar-refractivity contribution < 1.29 is 9.18 Å². The van der Waals surface area contributed by atoms with Crippen molar-refractivity contribution in [1.82, 2.24) is 4.98 Å². The zero-order chi connectivity index (χ0) is 10.0. The minimum absolute atomic E-state index is 0.0219. The van der Waals surface area contributed by atoms with Crippen molar-refractivity contribution in [3.05, 3.63) is 29.3 Å². The van der Waals surface area contributed by atoms with E-state index in [0.717, 1.165) is 6.07 Å². The molecule has 0 aliphatic rings. The Labute approximate surface area is 74.8 Å². The monoisotopic (exact) mass is 183 g/mol. The molecule has 1 amide bonds. The van der Waals surface area contributed by atoms with Gasteiger partial charge in [-0.25, -0.2) is 9.37 Å². The van der Waals surface area contributed by atoms with Crippen LogP contribution >= 0.6 is 0 Å². The fourth-order valence-corrected chi connectivity index (χ4v) is 0.914. The van der Waals surface area contributed by atoms with Crippen LogP contribution in [-0.4, -0.2) is 10.9 Å². The molecule has 0 aromatic carbocycles. The van der Waals surface area contributed by atoms with Gasteiger partial charge in [-0.1, -0.05) is 0 Å². The highest BCUT2D eigenvalue weighted by molar-refractivity contribution is 5.90. The second-order valence-corrected chi connectivity index (χ2v) is 2.72. The Morgan fingerprint density at radius 1 is 1.62 bits per heavy atom. The lowest BCUT2D eigenvalue weighted by Gasteiger charge is -2.06. The van der Waals surface area contributed by atoms with E-state index in [9.17, 15) is 9.18 Å². The summed E-state index contributed by atoms with van der Waals surface area (Å²) >= 11 is 0. The fraction of sp³-hybridized carbons (Fsp3) is 0.250. The molecule has 13 heavy (non-hydrogen) atoms. The minimum atomic E-state index is -0.693. The molecule has 0 bridgehead atoms. The van der Waals surface area contributed by atoms with Gasteiger partial charge in [-0.3, -0.25) is 4.79 Å². The highest BCUT2D eigenvalue weighted by Crippen LogP contribution is 2.11. The van der Waals surface area contributed by atoms with Crippen molar-refractivity contribution in [3.63, 3.8) is 0 Å². The number of hydrogen-bond acceptors (Lipinski definition) is 3. The molecule has 4 nitrogen and oxygen atoms in total. The summed E-state index contributed by atoms with van der Waals surface area (Å²) in [4.78, 5) is 14.4. The average molecular weight is 183 g/mol. The number of nitrogens with two attached hydrogens (primary N) is 2. The Balaban J connectivity index is 3.19. The second-order valence-electron chi connectivity index (χ2n) is 2.72. The van der Waals surface area contributed by atoms with E-state index in [1.165, 1.54) is 6.07 Å². The third-order valence-corrected chi connectivity index (χ3v) is 1.56. The van der Waals surface area contributed by atoms with Crippen LogP contribution in [0.15, 0.2) is 12.1 Å². The summed E-state index contributed by atoms with van der Waals surface area (Å²) in [7, 11) is 0. The molecule has 1 rings (SSSR count). The van der Waals surface area contributed by atoms with Gasteiger partial charge in [0.15, 0.2) is 0 Å². The Bertz CT molecular complexity index is 338. The lowest BCUT2D eigenvalue weighted by atomic mass is 10.2. The van der Waals surface area contributed by atoms with E-state index in [1.54, 1.807) is 6.92 Å². The second kappa shape index (κ2) is 3.49. The molecular formula is C8H10FN3O. The number of carbonyl (C=O) groups is 1. The van der Waals surface area contributed by atoms with Gasteiger partial charge in [0.1, 0.15) is 11.5 Å². The van der Waals surface area contributed by atoms with E-state index in [1.807, 2.05) is 0 Å². The van der Waals surface area contributed by atoms with Crippen LogP contribution in [0, 0.1) is 5.82 Å². The van der Waals surface area contributed by atoms with Crippen LogP contribution in [0.25, 0.3) is 0 Å². The number of carbonyl (C=O) groups excluding carboxylic acids is 1. The van der Waals surface area contributed by atoms with E-state index in [0.29, 0.717) is 0 Å². The average Bonchev–Trinajstić information content (AvgIpc) is 2.04. The van der Waals surface area contributed by atoms with Crippen LogP contribution in [0.4, 0.5) is 4.39 Å². The fourth-order valence-electron chi connectivity index (χ4n) is 0.914. The smallest absolute Gasteiger partial charge is 0.267 e. The van der Waals surface area contributed by atoms with E-state index in [4.69, 9.17) is 11.5 Å². The molecule has 0 saturated carbocycles. The summed E-state index contributed by atoms with van der Waals surface area (Å²) in [5.74, 6) is -1.22. The molecular weight excluding hydrogens is 173 g/mol. The Morgan fingerprint density at radius 3 is 2.69 bits per heavy atom. The number of amides is 1. The number of aromatic nitrogens is 1. The molecule has 0 aliphatic heterocycles. The first-order valence-electron chi connectivity index (χ1n) is 3.74. The van der Waals surface area contributed by atoms with Crippen LogP contribution in [0.2, 0.25) is 0 Å².